The highest BCUT2D eigenvalue weighted by Gasteiger charge is 2.28. The van der Waals surface area contributed by atoms with Crippen molar-refractivity contribution in [2.45, 2.75) is 24.6 Å². The van der Waals surface area contributed by atoms with Crippen LogP contribution in [0.4, 0.5) is 18.9 Å². The van der Waals surface area contributed by atoms with E-state index in [-0.39, 0.29) is 11.5 Å². The van der Waals surface area contributed by atoms with Crippen LogP contribution in [0, 0.1) is 0 Å². The summed E-state index contributed by atoms with van der Waals surface area (Å²) in [5, 5.41) is 2.68. The number of amides is 1. The zero-order valence-electron chi connectivity index (χ0n) is 18.1. The number of ether oxygens (including phenoxy) is 1. The molecule has 1 aliphatic rings. The number of halogens is 3. The summed E-state index contributed by atoms with van der Waals surface area (Å²) < 4.78 is 68.1. The SMILES string of the molecule is CCN1CCN(S(=O)(=O)c2ccc(NC(=O)c3ccc(COCC(F)(F)F)cc3)cc2)CC1. The molecule has 11 heteroatoms. The van der Waals surface area contributed by atoms with Gasteiger partial charge in [-0.3, -0.25) is 4.79 Å². The molecular weight excluding hydrogens is 459 g/mol. The molecule has 0 aliphatic carbocycles. The van der Waals surface area contributed by atoms with Crippen LogP contribution in [0.3, 0.4) is 0 Å². The topological polar surface area (TPSA) is 79.0 Å². The molecule has 33 heavy (non-hydrogen) atoms. The normalized spacial score (nSPS) is 16.0. The van der Waals surface area contributed by atoms with Crippen LogP contribution in [0.15, 0.2) is 53.4 Å². The second kappa shape index (κ2) is 10.6. The molecule has 0 spiro atoms. The van der Waals surface area contributed by atoms with Crippen LogP contribution in [0.5, 0.6) is 0 Å². The van der Waals surface area contributed by atoms with Gasteiger partial charge in [0.15, 0.2) is 0 Å². The van der Waals surface area contributed by atoms with Gasteiger partial charge in [-0.25, -0.2) is 8.42 Å². The quantitative estimate of drug-likeness (QED) is 0.621. The summed E-state index contributed by atoms with van der Waals surface area (Å²) in [5.74, 6) is -0.427. The summed E-state index contributed by atoms with van der Waals surface area (Å²) in [5.41, 5.74) is 1.23. The molecule has 0 bridgehead atoms. The highest BCUT2D eigenvalue weighted by atomic mass is 32.2. The Morgan fingerprint density at radius 1 is 1.00 bits per heavy atom. The third-order valence-corrected chi connectivity index (χ3v) is 7.19. The number of benzene rings is 2. The van der Waals surface area contributed by atoms with Gasteiger partial charge in [-0.1, -0.05) is 19.1 Å². The van der Waals surface area contributed by atoms with E-state index in [4.69, 9.17) is 0 Å². The van der Waals surface area contributed by atoms with E-state index in [9.17, 15) is 26.4 Å². The molecule has 1 N–H and O–H groups in total. The summed E-state index contributed by atoms with van der Waals surface area (Å²) in [4.78, 5) is 14.8. The molecule has 0 aromatic heterocycles. The van der Waals surface area contributed by atoms with Crippen LogP contribution in [-0.4, -0.2) is 69.0 Å². The van der Waals surface area contributed by atoms with Crippen LogP contribution in [0.25, 0.3) is 0 Å². The van der Waals surface area contributed by atoms with Gasteiger partial charge in [-0.05, 0) is 48.5 Å². The van der Waals surface area contributed by atoms with E-state index in [1.165, 1.54) is 52.8 Å². The minimum atomic E-state index is -4.39. The number of anilines is 1. The molecule has 2 aromatic rings. The van der Waals surface area contributed by atoms with E-state index in [1.807, 2.05) is 6.92 Å². The first-order valence-corrected chi connectivity index (χ1v) is 11.9. The predicted octanol–water partition coefficient (Wildman–Crippen LogP) is 3.34. The maximum atomic E-state index is 12.8. The van der Waals surface area contributed by atoms with Gasteiger partial charge in [-0.15, -0.1) is 0 Å². The Labute approximate surface area is 191 Å². The van der Waals surface area contributed by atoms with E-state index in [0.29, 0.717) is 43.0 Å². The number of sulfonamides is 1. The largest absolute Gasteiger partial charge is 0.411 e. The van der Waals surface area contributed by atoms with Gasteiger partial charge in [0, 0.05) is 37.4 Å². The van der Waals surface area contributed by atoms with Crippen LogP contribution in [-0.2, 0) is 21.4 Å². The Morgan fingerprint density at radius 3 is 2.15 bits per heavy atom. The molecule has 1 heterocycles. The van der Waals surface area contributed by atoms with Crippen LogP contribution < -0.4 is 5.32 Å². The fraction of sp³-hybridized carbons (Fsp3) is 0.409. The summed E-state index contributed by atoms with van der Waals surface area (Å²) in [7, 11) is -3.60. The van der Waals surface area contributed by atoms with Gasteiger partial charge < -0.3 is 15.0 Å². The lowest BCUT2D eigenvalue weighted by molar-refractivity contribution is -0.176. The van der Waals surface area contributed by atoms with Crippen molar-refractivity contribution in [3.05, 3.63) is 59.7 Å². The number of rotatable bonds is 8. The van der Waals surface area contributed by atoms with Crippen molar-refractivity contribution < 1.29 is 31.1 Å². The smallest absolute Gasteiger partial charge is 0.367 e. The number of carbonyl (C=O) groups is 1. The number of nitrogens with one attached hydrogen (secondary N) is 1. The Morgan fingerprint density at radius 2 is 1.61 bits per heavy atom. The van der Waals surface area contributed by atoms with Crippen molar-refractivity contribution in [3.8, 4) is 0 Å². The summed E-state index contributed by atoms with van der Waals surface area (Å²) >= 11 is 0. The lowest BCUT2D eigenvalue weighted by Gasteiger charge is -2.33. The molecular formula is C22H26F3N3O4S. The molecule has 1 fully saturated rings. The number of hydrogen-bond donors (Lipinski definition) is 1. The lowest BCUT2D eigenvalue weighted by Crippen LogP contribution is -2.48. The van der Waals surface area contributed by atoms with Crippen molar-refractivity contribution in [2.75, 3.05) is 44.6 Å². The minimum Gasteiger partial charge on any atom is -0.367 e. The van der Waals surface area contributed by atoms with E-state index in [1.54, 1.807) is 0 Å². The van der Waals surface area contributed by atoms with Crippen LogP contribution >= 0.6 is 0 Å². The first-order valence-electron chi connectivity index (χ1n) is 10.5. The number of piperazine rings is 1. The van der Waals surface area contributed by atoms with Crippen LogP contribution in [0.2, 0.25) is 0 Å². The first-order chi connectivity index (χ1) is 15.6. The molecule has 180 valence electrons. The minimum absolute atomic E-state index is 0.161. The number of likely N-dealkylation sites (N-methyl/N-ethyl adjacent to an activating group) is 1. The zero-order valence-corrected chi connectivity index (χ0v) is 19.0. The molecule has 1 aliphatic heterocycles. The van der Waals surface area contributed by atoms with Crippen molar-refractivity contribution >= 4 is 21.6 Å². The van der Waals surface area contributed by atoms with Crippen LogP contribution in [0.1, 0.15) is 22.8 Å². The Kier molecular flexibility index (Phi) is 8.11. The molecule has 1 saturated heterocycles. The molecule has 0 saturated carbocycles. The zero-order chi connectivity index (χ0) is 24.1. The third kappa shape index (κ3) is 7.00. The van der Waals surface area contributed by atoms with Gasteiger partial charge in [0.1, 0.15) is 6.61 Å². The fourth-order valence-electron chi connectivity index (χ4n) is 3.39. The highest BCUT2D eigenvalue weighted by Crippen LogP contribution is 2.21. The monoisotopic (exact) mass is 485 g/mol. The van der Waals surface area contributed by atoms with Crippen molar-refractivity contribution in [1.29, 1.82) is 0 Å². The average Bonchev–Trinajstić information content (AvgIpc) is 2.79. The molecule has 0 atom stereocenters. The van der Waals surface area contributed by atoms with Gasteiger partial charge in [0.05, 0.1) is 11.5 Å². The molecule has 3 rings (SSSR count). The first kappa shape index (κ1) is 25.2. The maximum absolute atomic E-state index is 12.8. The number of nitrogens with zero attached hydrogens (tertiary/aromatic N) is 2. The standard InChI is InChI=1S/C22H26F3N3O4S/c1-2-27-11-13-28(14-12-27)33(30,31)20-9-7-19(8-10-20)26-21(29)18-5-3-17(4-6-18)15-32-16-22(23,24)25/h3-10H,2,11-16H2,1H3,(H,26,29). The van der Waals surface area contributed by atoms with E-state index in [2.05, 4.69) is 15.0 Å². The van der Waals surface area contributed by atoms with Gasteiger partial charge in [0.2, 0.25) is 10.0 Å². The number of carbonyl (C=O) groups excluding carboxylic acids is 1. The maximum Gasteiger partial charge on any atom is 0.411 e. The molecule has 2 aromatic carbocycles. The van der Waals surface area contributed by atoms with Gasteiger partial charge >= 0.3 is 6.18 Å². The van der Waals surface area contributed by atoms with E-state index >= 15 is 0 Å². The molecule has 7 nitrogen and oxygen atoms in total. The van der Waals surface area contributed by atoms with E-state index in [0.717, 1.165) is 6.54 Å². The van der Waals surface area contributed by atoms with Crippen molar-refractivity contribution in [3.63, 3.8) is 0 Å². The molecule has 1 amide bonds. The van der Waals surface area contributed by atoms with E-state index < -0.39 is 28.7 Å². The van der Waals surface area contributed by atoms with Crippen molar-refractivity contribution in [2.24, 2.45) is 0 Å². The molecule has 0 unspecified atom stereocenters. The number of alkyl halides is 3. The average molecular weight is 486 g/mol. The third-order valence-electron chi connectivity index (χ3n) is 5.28. The van der Waals surface area contributed by atoms with Crippen molar-refractivity contribution in [1.82, 2.24) is 9.21 Å². The Bertz CT molecular complexity index is 1030. The predicted molar refractivity (Wildman–Crippen MR) is 117 cm³/mol. The van der Waals surface area contributed by atoms with Gasteiger partial charge in [0.25, 0.3) is 5.91 Å². The Balaban J connectivity index is 1.56. The number of hydrogen-bond acceptors (Lipinski definition) is 5. The molecule has 0 radical (unpaired) electrons. The summed E-state index contributed by atoms with van der Waals surface area (Å²) in [6.07, 6.45) is -4.39. The highest BCUT2D eigenvalue weighted by molar-refractivity contribution is 7.89. The second-order valence-electron chi connectivity index (χ2n) is 7.62. The lowest BCUT2D eigenvalue weighted by atomic mass is 10.1. The fourth-order valence-corrected chi connectivity index (χ4v) is 4.81. The summed E-state index contributed by atoms with van der Waals surface area (Å²) in [6.45, 7) is 3.63. The summed E-state index contributed by atoms with van der Waals surface area (Å²) in [6, 6.07) is 11.9. The Hall–Kier alpha value is -2.47. The second-order valence-corrected chi connectivity index (χ2v) is 9.56. The van der Waals surface area contributed by atoms with Gasteiger partial charge in [-0.2, -0.15) is 17.5 Å².